The van der Waals surface area contributed by atoms with Crippen LogP contribution in [0.4, 0.5) is 23.0 Å². The van der Waals surface area contributed by atoms with Gasteiger partial charge in [0.25, 0.3) is 11.4 Å². The molecule has 8 rings (SSSR count). The molecule has 4 aromatic carbocycles. The Kier molecular flexibility index (Phi) is 30.9. The summed E-state index contributed by atoms with van der Waals surface area (Å²) >= 11 is 0. The number of nitrogen functional groups attached to an aromatic ring is 2. The molecule has 0 saturated heterocycles. The minimum absolute atomic E-state index is 0.0260. The average molecular weight is 1470 g/mol. The van der Waals surface area contributed by atoms with Crippen molar-refractivity contribution in [3.05, 3.63) is 128 Å². The number of anilines is 2. The van der Waals surface area contributed by atoms with Gasteiger partial charge in [-0.3, -0.25) is 20.2 Å². The van der Waals surface area contributed by atoms with Crippen molar-refractivity contribution in [1.29, 1.82) is 0 Å². The van der Waals surface area contributed by atoms with Gasteiger partial charge in [-0.2, -0.15) is 8.61 Å². The first-order chi connectivity index (χ1) is 50.4. The number of hydrogen-bond donors (Lipinski definition) is 2. The van der Waals surface area contributed by atoms with Gasteiger partial charge in [-0.15, -0.1) is 11.8 Å². The molecule has 104 heavy (non-hydrogen) atoms. The summed E-state index contributed by atoms with van der Waals surface area (Å²) in [5.41, 5.74) is 15.9. The molecule has 30 heteroatoms. The molecule has 8 aromatic rings. The second-order valence-corrected chi connectivity index (χ2v) is 29.0. The fourth-order valence-electron chi connectivity index (χ4n) is 12.4. The van der Waals surface area contributed by atoms with Crippen molar-refractivity contribution in [3.63, 3.8) is 0 Å². The summed E-state index contributed by atoms with van der Waals surface area (Å²) in [6, 6.07) is 17.4. The second-order valence-electron chi connectivity index (χ2n) is 25.1. The maximum Gasteiger partial charge on any atom is 0.269 e. The molecule has 0 amide bonds. The zero-order valence-corrected chi connectivity index (χ0v) is 62.0. The van der Waals surface area contributed by atoms with Crippen LogP contribution in [0.25, 0.3) is 22.3 Å². The number of hydrogen-bond acceptors (Lipinski definition) is 22. The number of aryl methyl sites for hydroxylation is 2. The molecular weight excluding hydrogens is 1370 g/mol. The van der Waals surface area contributed by atoms with Crippen LogP contribution < -0.4 is 39.9 Å². The van der Waals surface area contributed by atoms with Crippen molar-refractivity contribution in [2.75, 3.05) is 80.3 Å². The van der Waals surface area contributed by atoms with E-state index >= 15 is 0 Å². The molecular formula is C74H96N14O14S2. The highest BCUT2D eigenvalue weighted by molar-refractivity contribution is 7.89. The SMILES string of the molecule is COc1cc(Cc2nc3c(N)ncnc3n2CCCC#CCN(CCCCCCCCCCCCCCCCCCCCN(CC#CCCCn2c(Cc3cc(OC)c(OC)c(OC)c3)nc3c(N)ncnc32)S(=O)(=O)c2ccc([N+](=O)[O-])cc2)S(=O)(=O)c2ccc([N+](=O)[O-])cc2)cc(OC)c1OC. The topological polar surface area (TPSA) is 356 Å². The molecule has 0 aliphatic rings. The number of sulfonamides is 2. The maximum absolute atomic E-state index is 14.0. The summed E-state index contributed by atoms with van der Waals surface area (Å²) in [4.78, 5) is 48.5. The van der Waals surface area contributed by atoms with Crippen molar-refractivity contribution in [1.82, 2.24) is 47.6 Å². The number of nitrogens with zero attached hydrogens (tertiary/aromatic N) is 12. The molecule has 28 nitrogen and oxygen atoms in total. The molecule has 0 aliphatic carbocycles. The van der Waals surface area contributed by atoms with Crippen LogP contribution in [0.15, 0.2) is 95.2 Å². The molecule has 0 saturated carbocycles. The molecule has 4 aromatic heterocycles. The summed E-state index contributed by atoms with van der Waals surface area (Å²) in [5.74, 6) is 17.4. The highest BCUT2D eigenvalue weighted by Crippen LogP contribution is 2.41. The number of unbranched alkanes of at least 4 members (excludes halogenated alkanes) is 19. The van der Waals surface area contributed by atoms with Gasteiger partial charge in [-0.05, 0) is 85.3 Å². The molecule has 4 heterocycles. The zero-order chi connectivity index (χ0) is 74.4. The molecule has 0 unspecified atom stereocenters. The van der Waals surface area contributed by atoms with Crippen molar-refractivity contribution >= 4 is 65.4 Å². The van der Waals surface area contributed by atoms with Gasteiger partial charge in [-0.1, -0.05) is 115 Å². The second kappa shape index (κ2) is 40.2. The molecule has 0 radical (unpaired) electrons. The van der Waals surface area contributed by atoms with Crippen molar-refractivity contribution in [2.24, 2.45) is 0 Å². The van der Waals surface area contributed by atoms with Crippen LogP contribution >= 0.6 is 0 Å². The van der Waals surface area contributed by atoms with Crippen LogP contribution in [0.3, 0.4) is 0 Å². The van der Waals surface area contributed by atoms with Crippen LogP contribution in [-0.2, 0) is 46.0 Å². The number of nitro groups is 2. The average Bonchev–Trinajstić information content (AvgIpc) is 1.68. The minimum atomic E-state index is -4.01. The highest BCUT2D eigenvalue weighted by atomic mass is 32.2. The quantitative estimate of drug-likeness (QED) is 0.0155. The largest absolute Gasteiger partial charge is 0.493 e. The van der Waals surface area contributed by atoms with Gasteiger partial charge in [0, 0.05) is 76.1 Å². The van der Waals surface area contributed by atoms with Crippen molar-refractivity contribution < 1.29 is 55.1 Å². The van der Waals surface area contributed by atoms with E-state index in [9.17, 15) is 37.1 Å². The summed E-state index contributed by atoms with van der Waals surface area (Å²) in [6.45, 7) is 1.44. The van der Waals surface area contributed by atoms with E-state index in [1.54, 1.807) is 42.7 Å². The summed E-state index contributed by atoms with van der Waals surface area (Å²) in [6.07, 6.45) is 24.4. The van der Waals surface area contributed by atoms with Gasteiger partial charge in [-0.25, -0.2) is 46.7 Å². The monoisotopic (exact) mass is 1470 g/mol. The summed E-state index contributed by atoms with van der Waals surface area (Å²) in [7, 11) is 1.30. The Morgan fingerprint density at radius 2 is 0.740 bits per heavy atom. The maximum atomic E-state index is 14.0. The number of methoxy groups -OCH3 is 6. The van der Waals surface area contributed by atoms with Crippen LogP contribution in [0.2, 0.25) is 0 Å². The predicted octanol–water partition coefficient (Wildman–Crippen LogP) is 12.9. The standard InChI is InChI=1S/C74H96N14O14S2/c1-97-61-47-55(48-62(98-2)69(61)101-5)51-65-81-67-71(75)77-53-79-73(67)85(65)45-31-25-23-29-43-83(103(93,94)59-37-33-57(34-38-59)87(89)90)41-27-21-19-17-15-13-11-9-7-8-10-12-14-16-18-20-22-28-42-84(104(95,96)60-39-35-58(36-40-60)88(91)92)44-30-24-26-32-46-86-66(82-68-72(76)78-54-80-74(68)86)52-56-49-63(99-3)70(102-6)64(50-56)100-4/h33-40,47-50,53-54H,7-22,25-28,31-32,41-46,51-52H2,1-6H3,(H2,75,77,79)(H2,76,78,80). The van der Waals surface area contributed by atoms with Gasteiger partial charge in [0.15, 0.2) is 57.0 Å². The highest BCUT2D eigenvalue weighted by Gasteiger charge is 2.27. The molecule has 0 spiro atoms. The fraction of sp³-hybridized carbons (Fsp3) is 0.486. The van der Waals surface area contributed by atoms with E-state index in [0.717, 1.165) is 75.3 Å². The van der Waals surface area contributed by atoms with E-state index in [1.807, 2.05) is 33.4 Å². The van der Waals surface area contributed by atoms with E-state index in [-0.39, 0.29) is 59.0 Å². The van der Waals surface area contributed by atoms with Crippen LogP contribution in [0.5, 0.6) is 34.5 Å². The third-order valence-corrected chi connectivity index (χ3v) is 21.7. The first-order valence-electron chi connectivity index (χ1n) is 35.3. The summed E-state index contributed by atoms with van der Waals surface area (Å²) in [5, 5.41) is 22.8. The van der Waals surface area contributed by atoms with Crippen molar-refractivity contribution in [3.8, 4) is 58.2 Å². The van der Waals surface area contributed by atoms with Crippen LogP contribution in [-0.4, -0.2) is 143 Å². The first-order valence-corrected chi connectivity index (χ1v) is 38.1. The number of benzene rings is 4. The van der Waals surface area contributed by atoms with Gasteiger partial charge < -0.3 is 49.0 Å². The molecule has 0 fully saturated rings. The summed E-state index contributed by atoms with van der Waals surface area (Å²) < 4.78 is 96.0. The number of ether oxygens (including phenoxy) is 6. The van der Waals surface area contributed by atoms with E-state index in [2.05, 4.69) is 43.6 Å². The van der Waals surface area contributed by atoms with Crippen LogP contribution in [0, 0.1) is 43.9 Å². The number of imidazole rings is 2. The number of fused-ring (bicyclic) bond motifs is 2. The smallest absolute Gasteiger partial charge is 0.269 e. The lowest BCUT2D eigenvalue weighted by molar-refractivity contribution is -0.385. The van der Waals surface area contributed by atoms with Crippen molar-refractivity contribution in [2.45, 2.75) is 177 Å². The normalized spacial score (nSPS) is 11.6. The third-order valence-electron chi connectivity index (χ3n) is 18.0. The van der Waals surface area contributed by atoms with E-state index in [1.165, 1.54) is 108 Å². The van der Waals surface area contributed by atoms with Gasteiger partial charge >= 0.3 is 0 Å². The van der Waals surface area contributed by atoms with Crippen LogP contribution in [0.1, 0.15) is 164 Å². The molecule has 0 atom stereocenters. The fourth-order valence-corrected chi connectivity index (χ4v) is 15.2. The number of aromatic nitrogens is 8. The molecule has 4 N–H and O–H groups in total. The third kappa shape index (κ3) is 21.8. The lowest BCUT2D eigenvalue weighted by Crippen LogP contribution is -2.32. The molecule has 0 bridgehead atoms. The number of nitrogens with two attached hydrogens (primary N) is 2. The van der Waals surface area contributed by atoms with Gasteiger partial charge in [0.05, 0.1) is 75.4 Å². The Balaban J connectivity index is 0.711. The van der Waals surface area contributed by atoms with Gasteiger partial charge in [0.1, 0.15) is 24.3 Å². The Hall–Kier alpha value is -9.88. The number of rotatable bonds is 45. The first kappa shape index (κ1) is 79.8. The lowest BCUT2D eigenvalue weighted by atomic mass is 10.0. The number of non-ortho nitro benzene ring substituents is 2. The van der Waals surface area contributed by atoms with Gasteiger partial charge in [0.2, 0.25) is 31.5 Å². The molecule has 558 valence electrons. The number of nitro benzene ring substituents is 2. The minimum Gasteiger partial charge on any atom is -0.493 e. The lowest BCUT2D eigenvalue weighted by Gasteiger charge is -2.20. The van der Waals surface area contributed by atoms with E-state index < -0.39 is 29.9 Å². The Morgan fingerprint density at radius 3 is 1.03 bits per heavy atom. The zero-order valence-electron chi connectivity index (χ0n) is 60.3. The van der Waals surface area contributed by atoms with E-state index in [0.29, 0.717) is 133 Å². The Bertz CT molecular complexity index is 4180. The van der Waals surface area contributed by atoms with E-state index in [4.69, 9.17) is 49.9 Å². The Morgan fingerprint density at radius 1 is 0.433 bits per heavy atom. The Labute approximate surface area is 609 Å². The predicted molar refractivity (Wildman–Crippen MR) is 398 cm³/mol. The molecule has 0 aliphatic heterocycles.